The molecule has 0 aliphatic rings. The predicted octanol–water partition coefficient (Wildman–Crippen LogP) is 6.25. The van der Waals surface area contributed by atoms with Crippen LogP contribution in [0.15, 0.2) is 24.3 Å². The Bertz CT molecular complexity index is 1020. The second-order valence-corrected chi connectivity index (χ2v) is 14.8. The third-order valence-corrected chi connectivity index (χ3v) is 9.56. The molecule has 12 heteroatoms. The highest BCUT2D eigenvalue weighted by Gasteiger charge is 2.15. The van der Waals surface area contributed by atoms with Gasteiger partial charge in [-0.15, -0.1) is 0 Å². The molecule has 0 heterocycles. The molecule has 0 fully saturated rings. The Balaban J connectivity index is 2.41. The van der Waals surface area contributed by atoms with Gasteiger partial charge in [0.15, 0.2) is 0 Å². The normalized spacial score (nSPS) is 12.2. The molecule has 1 aromatic rings. The van der Waals surface area contributed by atoms with E-state index in [4.69, 9.17) is 11.5 Å². The molecule has 0 saturated heterocycles. The SMILES string of the molecule is CCCCCCCCCC(=O)N[C@@H](CCCCN)CNCC(=O)Nc1ccc(NC(=O)CNC[C@H](CCCCN)NC(=O)CCCCCCCCC)cc1. The molecule has 0 unspecified atom stereocenters. The van der Waals surface area contributed by atoms with Crippen molar-refractivity contribution in [3.05, 3.63) is 24.3 Å². The van der Waals surface area contributed by atoms with Crippen LogP contribution in [0.4, 0.5) is 11.4 Å². The Morgan fingerprint density at radius 1 is 0.481 bits per heavy atom. The van der Waals surface area contributed by atoms with Gasteiger partial charge in [-0.05, 0) is 75.9 Å². The Labute approximate surface area is 327 Å². The smallest absolute Gasteiger partial charge is 0.238 e. The summed E-state index contributed by atoms with van der Waals surface area (Å²) in [5.74, 6) is -0.255. The number of benzene rings is 1. The van der Waals surface area contributed by atoms with Gasteiger partial charge in [0.2, 0.25) is 23.6 Å². The summed E-state index contributed by atoms with van der Waals surface area (Å²) in [5.41, 5.74) is 12.6. The van der Waals surface area contributed by atoms with Gasteiger partial charge in [-0.1, -0.05) is 104 Å². The maximum absolute atomic E-state index is 12.7. The molecule has 0 aliphatic heterocycles. The topological polar surface area (TPSA) is 192 Å². The van der Waals surface area contributed by atoms with E-state index in [0.717, 1.165) is 64.2 Å². The van der Waals surface area contributed by atoms with Crippen LogP contribution in [0, 0.1) is 0 Å². The van der Waals surface area contributed by atoms with Crippen LogP contribution >= 0.6 is 0 Å². The lowest BCUT2D eigenvalue weighted by Crippen LogP contribution is -2.43. The number of hydrogen-bond acceptors (Lipinski definition) is 8. The second-order valence-electron chi connectivity index (χ2n) is 14.8. The van der Waals surface area contributed by atoms with E-state index in [1.165, 1.54) is 64.2 Å². The van der Waals surface area contributed by atoms with Crippen LogP contribution in [0.2, 0.25) is 0 Å². The molecule has 12 nitrogen and oxygen atoms in total. The highest BCUT2D eigenvalue weighted by atomic mass is 16.2. The summed E-state index contributed by atoms with van der Waals surface area (Å²) in [6.07, 6.45) is 22.7. The molecule has 310 valence electrons. The van der Waals surface area contributed by atoms with E-state index in [-0.39, 0.29) is 48.8 Å². The van der Waals surface area contributed by atoms with Crippen LogP contribution in [0.25, 0.3) is 0 Å². The van der Waals surface area contributed by atoms with Crippen molar-refractivity contribution in [1.82, 2.24) is 21.3 Å². The number of nitrogens with one attached hydrogen (secondary N) is 6. The number of unbranched alkanes of at least 4 members (excludes halogenated alkanes) is 14. The Morgan fingerprint density at radius 3 is 1.19 bits per heavy atom. The molecule has 0 aliphatic carbocycles. The van der Waals surface area contributed by atoms with Gasteiger partial charge in [0.25, 0.3) is 0 Å². The number of carbonyl (C=O) groups excluding carboxylic acids is 4. The molecule has 4 amide bonds. The maximum Gasteiger partial charge on any atom is 0.238 e. The van der Waals surface area contributed by atoms with Crippen LogP contribution in [0.1, 0.15) is 155 Å². The quantitative estimate of drug-likeness (QED) is 0.0368. The molecule has 0 aromatic heterocycles. The minimum atomic E-state index is -0.193. The van der Waals surface area contributed by atoms with Gasteiger partial charge in [-0.2, -0.15) is 0 Å². The monoisotopic (exact) mass is 759 g/mol. The third-order valence-electron chi connectivity index (χ3n) is 9.56. The summed E-state index contributed by atoms with van der Waals surface area (Å²) in [6.45, 7) is 6.87. The summed E-state index contributed by atoms with van der Waals surface area (Å²) in [4.78, 5) is 50.5. The van der Waals surface area contributed by atoms with Crippen molar-refractivity contribution >= 4 is 35.0 Å². The summed E-state index contributed by atoms with van der Waals surface area (Å²) >= 11 is 0. The van der Waals surface area contributed by atoms with Crippen molar-refractivity contribution < 1.29 is 19.2 Å². The number of carbonyl (C=O) groups is 4. The molecule has 0 saturated carbocycles. The van der Waals surface area contributed by atoms with Gasteiger partial charge in [0, 0.05) is 49.4 Å². The van der Waals surface area contributed by atoms with E-state index in [9.17, 15) is 19.2 Å². The summed E-state index contributed by atoms with van der Waals surface area (Å²) in [5, 5.41) is 18.4. The fourth-order valence-corrected chi connectivity index (χ4v) is 6.37. The van der Waals surface area contributed by atoms with E-state index in [0.29, 0.717) is 50.4 Å². The third kappa shape index (κ3) is 28.4. The van der Waals surface area contributed by atoms with Crippen LogP contribution in [0.3, 0.4) is 0 Å². The van der Waals surface area contributed by atoms with E-state index in [1.807, 2.05) is 0 Å². The first kappa shape index (κ1) is 49.0. The minimum Gasteiger partial charge on any atom is -0.352 e. The lowest BCUT2D eigenvalue weighted by atomic mass is 10.1. The van der Waals surface area contributed by atoms with Crippen molar-refractivity contribution in [2.24, 2.45) is 11.5 Å². The molecule has 1 rings (SSSR count). The molecular weight excluding hydrogens is 681 g/mol. The Morgan fingerprint density at radius 2 is 0.833 bits per heavy atom. The van der Waals surface area contributed by atoms with Crippen molar-refractivity contribution in [2.45, 2.75) is 167 Å². The molecule has 54 heavy (non-hydrogen) atoms. The Hall–Kier alpha value is -3.06. The fraction of sp³-hybridized carbons (Fsp3) is 0.762. The number of amides is 4. The largest absolute Gasteiger partial charge is 0.352 e. The summed E-state index contributed by atoms with van der Waals surface area (Å²) in [7, 11) is 0. The molecular formula is C42H78N8O4. The molecule has 0 spiro atoms. The fourth-order valence-electron chi connectivity index (χ4n) is 6.37. The highest BCUT2D eigenvalue weighted by molar-refractivity contribution is 5.94. The molecule has 1 aromatic carbocycles. The zero-order valence-electron chi connectivity index (χ0n) is 34.1. The molecule has 0 radical (unpaired) electrons. The first-order chi connectivity index (χ1) is 26.3. The zero-order chi connectivity index (χ0) is 39.5. The lowest BCUT2D eigenvalue weighted by molar-refractivity contribution is -0.122. The predicted molar refractivity (Wildman–Crippen MR) is 224 cm³/mol. The number of nitrogens with two attached hydrogens (primary N) is 2. The Kier molecular flexibility index (Phi) is 31.2. The maximum atomic E-state index is 12.7. The van der Waals surface area contributed by atoms with Gasteiger partial charge in [0.1, 0.15) is 0 Å². The van der Waals surface area contributed by atoms with E-state index in [2.05, 4.69) is 45.7 Å². The van der Waals surface area contributed by atoms with Gasteiger partial charge in [-0.3, -0.25) is 19.2 Å². The highest BCUT2D eigenvalue weighted by Crippen LogP contribution is 2.14. The zero-order valence-corrected chi connectivity index (χ0v) is 34.1. The van der Waals surface area contributed by atoms with Crippen LogP contribution in [-0.2, 0) is 19.2 Å². The van der Waals surface area contributed by atoms with Crippen molar-refractivity contribution in [1.29, 1.82) is 0 Å². The summed E-state index contributed by atoms with van der Waals surface area (Å²) in [6, 6.07) is 6.87. The van der Waals surface area contributed by atoms with E-state index >= 15 is 0 Å². The minimum absolute atomic E-state index is 0.0562. The number of hydrogen-bond donors (Lipinski definition) is 8. The van der Waals surface area contributed by atoms with Gasteiger partial charge < -0.3 is 43.4 Å². The van der Waals surface area contributed by atoms with Crippen molar-refractivity contribution in [3.8, 4) is 0 Å². The number of anilines is 2. The van der Waals surface area contributed by atoms with Gasteiger partial charge in [-0.25, -0.2) is 0 Å². The average molecular weight is 759 g/mol. The average Bonchev–Trinajstić information content (AvgIpc) is 3.15. The van der Waals surface area contributed by atoms with E-state index < -0.39 is 0 Å². The molecule has 10 N–H and O–H groups in total. The lowest BCUT2D eigenvalue weighted by Gasteiger charge is -2.20. The second kappa shape index (κ2) is 34.4. The van der Waals surface area contributed by atoms with Crippen LogP contribution in [-0.4, -0.2) is 75.0 Å². The first-order valence-electron chi connectivity index (χ1n) is 21.4. The first-order valence-corrected chi connectivity index (χ1v) is 21.4. The molecule has 2 atom stereocenters. The van der Waals surface area contributed by atoms with Gasteiger partial charge in [0.05, 0.1) is 13.1 Å². The van der Waals surface area contributed by atoms with Crippen LogP contribution in [0.5, 0.6) is 0 Å². The van der Waals surface area contributed by atoms with Gasteiger partial charge >= 0.3 is 0 Å². The van der Waals surface area contributed by atoms with Crippen LogP contribution < -0.4 is 43.4 Å². The molecule has 0 bridgehead atoms. The van der Waals surface area contributed by atoms with Crippen molar-refractivity contribution in [2.75, 3.05) is 49.9 Å². The van der Waals surface area contributed by atoms with Crippen molar-refractivity contribution in [3.63, 3.8) is 0 Å². The number of rotatable bonds is 36. The van der Waals surface area contributed by atoms with E-state index in [1.54, 1.807) is 24.3 Å². The summed E-state index contributed by atoms with van der Waals surface area (Å²) < 4.78 is 0. The standard InChI is InChI=1S/C42H78N8O4/c1-3-5-7-9-11-13-15-23-39(51)49-37(21-17-19-29-43)31-45-33-41(53)47-35-25-27-36(28-26-35)48-42(54)34-46-32-38(22-18-20-30-44)50-40(52)24-16-14-12-10-8-6-4-2/h25-28,37-38,45-46H,3-24,29-34,43-44H2,1-2H3,(H,47,53)(H,48,54)(H,49,51)(H,50,52)/t37-,38-/m0/s1.